The van der Waals surface area contributed by atoms with Crippen molar-refractivity contribution < 1.29 is 14.3 Å². The van der Waals surface area contributed by atoms with Crippen LogP contribution in [0.2, 0.25) is 0 Å². The van der Waals surface area contributed by atoms with Crippen molar-refractivity contribution >= 4 is 18.4 Å². The lowest BCUT2D eigenvalue weighted by Crippen LogP contribution is -2.47. The van der Waals surface area contributed by atoms with Crippen LogP contribution in [-0.2, 0) is 16.0 Å². The summed E-state index contributed by atoms with van der Waals surface area (Å²) in [6.45, 7) is 2.38. The second-order valence-electron chi connectivity index (χ2n) is 5.43. The van der Waals surface area contributed by atoms with Crippen LogP contribution in [0.5, 0.6) is 0 Å². The van der Waals surface area contributed by atoms with Crippen LogP contribution in [0.15, 0.2) is 24.3 Å². The first-order chi connectivity index (χ1) is 10.2. The largest absolute Gasteiger partial charge is 0.465 e. The summed E-state index contributed by atoms with van der Waals surface area (Å²) in [5.41, 5.74) is 7.59. The zero-order chi connectivity index (χ0) is 15.2. The van der Waals surface area contributed by atoms with Crippen molar-refractivity contribution in [2.45, 2.75) is 31.5 Å². The molecule has 124 valence electrons. The number of piperidine rings is 1. The molecular formula is C16H25ClN2O3. The maximum Gasteiger partial charge on any atom is 0.337 e. The summed E-state index contributed by atoms with van der Waals surface area (Å²) >= 11 is 0. The molecule has 1 aromatic rings. The van der Waals surface area contributed by atoms with Crippen LogP contribution in [0.25, 0.3) is 0 Å². The molecule has 2 N–H and O–H groups in total. The van der Waals surface area contributed by atoms with Gasteiger partial charge < -0.3 is 15.2 Å². The van der Waals surface area contributed by atoms with E-state index in [0.717, 1.165) is 31.5 Å². The first-order valence-corrected chi connectivity index (χ1v) is 7.32. The number of carbonyl (C=O) groups is 1. The molecule has 1 fully saturated rings. The van der Waals surface area contributed by atoms with Crippen LogP contribution in [0, 0.1) is 0 Å². The Labute approximate surface area is 138 Å². The molecular weight excluding hydrogens is 304 g/mol. The highest BCUT2D eigenvalue weighted by molar-refractivity contribution is 5.89. The molecule has 1 aliphatic heterocycles. The van der Waals surface area contributed by atoms with Gasteiger partial charge in [-0.15, -0.1) is 12.4 Å². The first kappa shape index (κ1) is 18.9. The highest BCUT2D eigenvalue weighted by Gasteiger charge is 2.27. The number of nitrogens with zero attached hydrogens (tertiary/aromatic N) is 1. The second-order valence-corrected chi connectivity index (χ2v) is 5.43. The van der Waals surface area contributed by atoms with Gasteiger partial charge in [0.05, 0.1) is 18.8 Å². The number of likely N-dealkylation sites (tertiary alicyclic amines) is 1. The number of ether oxygens (including phenoxy) is 2. The van der Waals surface area contributed by atoms with E-state index in [0.29, 0.717) is 24.3 Å². The summed E-state index contributed by atoms with van der Waals surface area (Å²) in [6, 6.07) is 7.91. The van der Waals surface area contributed by atoms with Crippen molar-refractivity contribution in [1.29, 1.82) is 0 Å². The smallest absolute Gasteiger partial charge is 0.337 e. The summed E-state index contributed by atoms with van der Waals surface area (Å²) in [5.74, 6) is -0.301. The zero-order valence-electron chi connectivity index (χ0n) is 13.2. The van der Waals surface area contributed by atoms with Crippen molar-refractivity contribution in [3.63, 3.8) is 0 Å². The lowest BCUT2D eigenvalue weighted by atomic mass is 9.98. The third kappa shape index (κ3) is 4.68. The van der Waals surface area contributed by atoms with Crippen molar-refractivity contribution in [2.75, 3.05) is 27.3 Å². The summed E-state index contributed by atoms with van der Waals surface area (Å²) in [4.78, 5) is 14.0. The number of halogens is 1. The van der Waals surface area contributed by atoms with E-state index in [1.54, 1.807) is 13.2 Å². The van der Waals surface area contributed by atoms with E-state index in [1.807, 2.05) is 18.2 Å². The van der Waals surface area contributed by atoms with Crippen molar-refractivity contribution in [1.82, 2.24) is 4.90 Å². The lowest BCUT2D eigenvalue weighted by molar-refractivity contribution is 0.0102. The number of benzene rings is 1. The number of hydrogen-bond donors (Lipinski definition) is 1. The van der Waals surface area contributed by atoms with Gasteiger partial charge in [0.15, 0.2) is 0 Å². The predicted octanol–water partition coefficient (Wildman–Crippen LogP) is 1.83. The molecule has 2 unspecified atom stereocenters. The van der Waals surface area contributed by atoms with Gasteiger partial charge in [-0.25, -0.2) is 4.79 Å². The number of carbonyl (C=O) groups excluding carboxylic acids is 1. The summed E-state index contributed by atoms with van der Waals surface area (Å²) in [6.07, 6.45) is 2.28. The third-order valence-electron chi connectivity index (χ3n) is 4.13. The van der Waals surface area contributed by atoms with E-state index >= 15 is 0 Å². The standard InChI is InChI=1S/C16H24N2O3.ClH/c1-20-15-6-7-18(14(9-15)10-17)11-12-4-3-5-13(8-12)16(19)21-2;/h3-5,8,14-15H,6-7,9-11,17H2,1-2H3;1H. The molecule has 0 radical (unpaired) electrons. The molecule has 2 atom stereocenters. The molecule has 2 rings (SSSR count). The van der Waals surface area contributed by atoms with Crippen molar-refractivity contribution in [3.05, 3.63) is 35.4 Å². The van der Waals surface area contributed by atoms with Crippen molar-refractivity contribution in [3.8, 4) is 0 Å². The molecule has 1 aromatic carbocycles. The van der Waals surface area contributed by atoms with E-state index in [4.69, 9.17) is 15.2 Å². The van der Waals surface area contributed by atoms with Crippen LogP contribution >= 0.6 is 12.4 Å². The molecule has 0 saturated carbocycles. The number of nitrogens with two attached hydrogens (primary N) is 1. The average Bonchev–Trinajstić information content (AvgIpc) is 2.54. The van der Waals surface area contributed by atoms with E-state index < -0.39 is 0 Å². The number of methoxy groups -OCH3 is 2. The van der Waals surface area contributed by atoms with Gasteiger partial charge in [0.1, 0.15) is 0 Å². The minimum Gasteiger partial charge on any atom is -0.465 e. The van der Waals surface area contributed by atoms with Gasteiger partial charge in [0.2, 0.25) is 0 Å². The van der Waals surface area contributed by atoms with Gasteiger partial charge in [0, 0.05) is 32.8 Å². The Balaban J connectivity index is 0.00000242. The maximum atomic E-state index is 11.6. The molecule has 5 nitrogen and oxygen atoms in total. The Hall–Kier alpha value is -1.14. The Morgan fingerprint density at radius 1 is 1.41 bits per heavy atom. The third-order valence-corrected chi connectivity index (χ3v) is 4.13. The fourth-order valence-corrected chi connectivity index (χ4v) is 2.88. The van der Waals surface area contributed by atoms with Gasteiger partial charge in [-0.2, -0.15) is 0 Å². The van der Waals surface area contributed by atoms with E-state index in [1.165, 1.54) is 7.11 Å². The quantitative estimate of drug-likeness (QED) is 0.835. The number of hydrogen-bond acceptors (Lipinski definition) is 5. The van der Waals surface area contributed by atoms with Gasteiger partial charge >= 0.3 is 5.97 Å². The lowest BCUT2D eigenvalue weighted by Gasteiger charge is -2.38. The molecule has 0 bridgehead atoms. The van der Waals surface area contributed by atoms with E-state index in [2.05, 4.69) is 4.90 Å². The predicted molar refractivity (Wildman–Crippen MR) is 88.3 cm³/mol. The summed E-state index contributed by atoms with van der Waals surface area (Å²) < 4.78 is 10.2. The van der Waals surface area contributed by atoms with Gasteiger partial charge in [-0.3, -0.25) is 4.90 Å². The molecule has 22 heavy (non-hydrogen) atoms. The summed E-state index contributed by atoms with van der Waals surface area (Å²) in [5, 5.41) is 0. The van der Waals surface area contributed by atoms with Crippen LogP contribution in [0.3, 0.4) is 0 Å². The number of esters is 1. The molecule has 1 saturated heterocycles. The van der Waals surface area contributed by atoms with Crippen LogP contribution < -0.4 is 5.73 Å². The highest BCUT2D eigenvalue weighted by atomic mass is 35.5. The molecule has 0 spiro atoms. The van der Waals surface area contributed by atoms with Crippen LogP contribution in [0.4, 0.5) is 0 Å². The molecule has 0 amide bonds. The Morgan fingerprint density at radius 3 is 2.82 bits per heavy atom. The van der Waals surface area contributed by atoms with Gasteiger partial charge in [-0.05, 0) is 30.5 Å². The minimum absolute atomic E-state index is 0. The molecule has 1 aliphatic rings. The van der Waals surface area contributed by atoms with Gasteiger partial charge in [0.25, 0.3) is 0 Å². The van der Waals surface area contributed by atoms with Crippen molar-refractivity contribution in [2.24, 2.45) is 5.73 Å². The van der Waals surface area contributed by atoms with E-state index in [9.17, 15) is 4.79 Å². The molecule has 0 aliphatic carbocycles. The van der Waals surface area contributed by atoms with E-state index in [-0.39, 0.29) is 18.4 Å². The first-order valence-electron chi connectivity index (χ1n) is 7.32. The average molecular weight is 329 g/mol. The fraction of sp³-hybridized carbons (Fsp3) is 0.562. The second kappa shape index (κ2) is 9.10. The number of rotatable bonds is 5. The highest BCUT2D eigenvalue weighted by Crippen LogP contribution is 2.21. The minimum atomic E-state index is -0.301. The van der Waals surface area contributed by atoms with Crippen LogP contribution in [-0.4, -0.2) is 50.3 Å². The topological polar surface area (TPSA) is 64.8 Å². The Morgan fingerprint density at radius 2 is 2.18 bits per heavy atom. The fourth-order valence-electron chi connectivity index (χ4n) is 2.88. The SMILES string of the molecule is COC(=O)c1cccc(CN2CCC(OC)CC2CN)c1.Cl. The van der Waals surface area contributed by atoms with Gasteiger partial charge in [-0.1, -0.05) is 12.1 Å². The maximum absolute atomic E-state index is 11.6. The molecule has 1 heterocycles. The monoisotopic (exact) mass is 328 g/mol. The Bertz CT molecular complexity index is 484. The van der Waals surface area contributed by atoms with Crippen LogP contribution in [0.1, 0.15) is 28.8 Å². The Kier molecular flexibility index (Phi) is 7.82. The normalized spacial score (nSPS) is 22.0. The molecule has 6 heteroatoms. The zero-order valence-corrected chi connectivity index (χ0v) is 14.0. The summed E-state index contributed by atoms with van der Waals surface area (Å²) in [7, 11) is 3.16. The molecule has 0 aromatic heterocycles.